The minimum atomic E-state index is -0.271. The van der Waals surface area contributed by atoms with Crippen LogP contribution in [-0.4, -0.2) is 32.0 Å². The molecule has 0 spiro atoms. The van der Waals surface area contributed by atoms with Crippen LogP contribution in [0.1, 0.15) is 32.2 Å². The lowest BCUT2D eigenvalue weighted by atomic mass is 10.2. The molecule has 0 aliphatic heterocycles. The van der Waals surface area contributed by atoms with E-state index in [1.807, 2.05) is 11.7 Å². The Bertz CT molecular complexity index is 323. The molecule has 0 aliphatic carbocycles. The molecule has 16 heavy (non-hydrogen) atoms. The summed E-state index contributed by atoms with van der Waals surface area (Å²) in [7, 11) is 1.94. The summed E-state index contributed by atoms with van der Waals surface area (Å²) in [5.74, 6) is 0.796. The zero-order valence-corrected chi connectivity index (χ0v) is 11.4. The Kier molecular flexibility index (Phi) is 5.35. The molecule has 0 saturated heterocycles. The van der Waals surface area contributed by atoms with Crippen LogP contribution >= 0.6 is 11.8 Å². The van der Waals surface area contributed by atoms with Crippen molar-refractivity contribution < 1.29 is 5.11 Å². The van der Waals surface area contributed by atoms with Crippen molar-refractivity contribution in [3.63, 3.8) is 0 Å². The summed E-state index contributed by atoms with van der Waals surface area (Å²) in [6.07, 6.45) is 1.38. The smallest absolute Gasteiger partial charge is 0.0685 e. The second-order valence-electron chi connectivity index (χ2n) is 4.34. The molecule has 0 bridgehead atoms. The van der Waals surface area contributed by atoms with E-state index in [2.05, 4.69) is 31.9 Å². The number of hydrogen-bond donors (Lipinski definition) is 1. The van der Waals surface area contributed by atoms with Gasteiger partial charge in [-0.1, -0.05) is 20.8 Å². The Balaban J connectivity index is 2.48. The highest BCUT2D eigenvalue weighted by molar-refractivity contribution is 7.99. The van der Waals surface area contributed by atoms with Gasteiger partial charge in [-0.15, -0.1) is 0 Å². The van der Waals surface area contributed by atoms with Crippen LogP contribution in [-0.2, 0) is 19.9 Å². The second-order valence-corrected chi connectivity index (χ2v) is 5.95. The molecule has 92 valence electrons. The van der Waals surface area contributed by atoms with Gasteiger partial charge in [0.25, 0.3) is 0 Å². The number of aliphatic hydroxyl groups is 1. The molecule has 1 rings (SSSR count). The first-order chi connectivity index (χ1) is 7.52. The van der Waals surface area contributed by atoms with Gasteiger partial charge in [0.2, 0.25) is 0 Å². The number of hydrogen-bond acceptors (Lipinski definition) is 3. The SMILES string of the molecule is CCc1cc(CC(O)CSC(C)C)n(C)n1. The fourth-order valence-corrected chi connectivity index (χ4v) is 2.26. The molecule has 1 N–H and O–H groups in total. The van der Waals surface area contributed by atoms with Gasteiger partial charge in [0.1, 0.15) is 0 Å². The first kappa shape index (κ1) is 13.6. The highest BCUT2D eigenvalue weighted by atomic mass is 32.2. The van der Waals surface area contributed by atoms with Gasteiger partial charge in [0.15, 0.2) is 0 Å². The third-order valence-corrected chi connectivity index (χ3v) is 3.70. The van der Waals surface area contributed by atoms with E-state index in [4.69, 9.17) is 0 Å². The molecule has 0 aromatic carbocycles. The van der Waals surface area contributed by atoms with Crippen molar-refractivity contribution in [3.05, 3.63) is 17.5 Å². The molecule has 1 atom stereocenters. The van der Waals surface area contributed by atoms with E-state index in [-0.39, 0.29) is 6.10 Å². The van der Waals surface area contributed by atoms with E-state index >= 15 is 0 Å². The van der Waals surface area contributed by atoms with Crippen molar-refractivity contribution >= 4 is 11.8 Å². The van der Waals surface area contributed by atoms with Crippen LogP contribution in [0.15, 0.2) is 6.07 Å². The van der Waals surface area contributed by atoms with Crippen molar-refractivity contribution in [3.8, 4) is 0 Å². The molecule has 1 aromatic rings. The summed E-state index contributed by atoms with van der Waals surface area (Å²) in [6.45, 7) is 6.39. The molecule has 0 amide bonds. The van der Waals surface area contributed by atoms with Crippen molar-refractivity contribution in [2.75, 3.05) is 5.75 Å². The minimum absolute atomic E-state index is 0.271. The molecule has 0 radical (unpaired) electrons. The lowest BCUT2D eigenvalue weighted by molar-refractivity contribution is 0.197. The van der Waals surface area contributed by atoms with Gasteiger partial charge in [-0.25, -0.2) is 0 Å². The summed E-state index contributed by atoms with van der Waals surface area (Å²) in [5, 5.41) is 14.8. The van der Waals surface area contributed by atoms with Crippen molar-refractivity contribution in [2.45, 2.75) is 45.0 Å². The van der Waals surface area contributed by atoms with Crippen LogP contribution in [0.25, 0.3) is 0 Å². The topological polar surface area (TPSA) is 38.0 Å². The lowest BCUT2D eigenvalue weighted by Crippen LogP contribution is -2.16. The molecule has 0 saturated carbocycles. The predicted molar refractivity (Wildman–Crippen MR) is 69.9 cm³/mol. The van der Waals surface area contributed by atoms with E-state index in [0.29, 0.717) is 11.7 Å². The van der Waals surface area contributed by atoms with Crippen LogP contribution in [0.2, 0.25) is 0 Å². The highest BCUT2D eigenvalue weighted by Gasteiger charge is 2.11. The molecule has 0 aliphatic rings. The largest absolute Gasteiger partial charge is 0.392 e. The number of rotatable bonds is 6. The average Bonchev–Trinajstić information content (AvgIpc) is 2.57. The maximum Gasteiger partial charge on any atom is 0.0685 e. The van der Waals surface area contributed by atoms with Crippen LogP contribution < -0.4 is 0 Å². The quantitative estimate of drug-likeness (QED) is 0.829. The van der Waals surface area contributed by atoms with E-state index in [0.717, 1.165) is 23.6 Å². The van der Waals surface area contributed by atoms with Gasteiger partial charge in [0.05, 0.1) is 11.8 Å². The van der Waals surface area contributed by atoms with Crippen LogP contribution in [0.5, 0.6) is 0 Å². The first-order valence-electron chi connectivity index (χ1n) is 5.84. The Morgan fingerprint density at radius 2 is 2.19 bits per heavy atom. The molecule has 3 nitrogen and oxygen atoms in total. The van der Waals surface area contributed by atoms with E-state index in [1.165, 1.54) is 0 Å². The summed E-state index contributed by atoms with van der Waals surface area (Å²) in [6, 6.07) is 2.09. The van der Waals surface area contributed by atoms with Gasteiger partial charge < -0.3 is 5.11 Å². The number of aliphatic hydroxyl groups excluding tert-OH is 1. The summed E-state index contributed by atoms with van der Waals surface area (Å²) in [4.78, 5) is 0. The molecule has 1 unspecified atom stereocenters. The standard InChI is InChI=1S/C12H22N2OS/c1-5-10-6-11(14(4)13-10)7-12(15)8-16-9(2)3/h6,9,12,15H,5,7-8H2,1-4H3. The first-order valence-corrected chi connectivity index (χ1v) is 6.89. The number of nitrogens with zero attached hydrogens (tertiary/aromatic N) is 2. The summed E-state index contributed by atoms with van der Waals surface area (Å²) >= 11 is 1.80. The summed E-state index contributed by atoms with van der Waals surface area (Å²) in [5.41, 5.74) is 2.22. The van der Waals surface area contributed by atoms with Crippen LogP contribution in [0.4, 0.5) is 0 Å². The molecule has 0 fully saturated rings. The second kappa shape index (κ2) is 6.30. The van der Waals surface area contributed by atoms with Gasteiger partial charge in [-0.3, -0.25) is 4.68 Å². The minimum Gasteiger partial charge on any atom is -0.392 e. The Hall–Kier alpha value is -0.480. The van der Waals surface area contributed by atoms with Crippen molar-refractivity contribution in [1.29, 1.82) is 0 Å². The molecule has 4 heteroatoms. The maximum atomic E-state index is 9.90. The zero-order valence-electron chi connectivity index (χ0n) is 10.6. The van der Waals surface area contributed by atoms with E-state index in [1.54, 1.807) is 11.8 Å². The maximum absolute atomic E-state index is 9.90. The lowest BCUT2D eigenvalue weighted by Gasteiger charge is -2.11. The monoisotopic (exact) mass is 242 g/mol. The van der Waals surface area contributed by atoms with E-state index < -0.39 is 0 Å². The Morgan fingerprint density at radius 3 is 2.69 bits per heavy atom. The van der Waals surface area contributed by atoms with Gasteiger partial charge in [-0.05, 0) is 17.7 Å². The fraction of sp³-hybridized carbons (Fsp3) is 0.750. The van der Waals surface area contributed by atoms with Crippen molar-refractivity contribution in [2.24, 2.45) is 7.05 Å². The molecular formula is C12H22N2OS. The Morgan fingerprint density at radius 1 is 1.50 bits per heavy atom. The van der Waals surface area contributed by atoms with Gasteiger partial charge in [0, 0.05) is 24.9 Å². The molecule has 1 aromatic heterocycles. The van der Waals surface area contributed by atoms with E-state index in [9.17, 15) is 5.11 Å². The van der Waals surface area contributed by atoms with Crippen LogP contribution in [0.3, 0.4) is 0 Å². The van der Waals surface area contributed by atoms with Crippen molar-refractivity contribution in [1.82, 2.24) is 9.78 Å². The Labute approximate surface area is 102 Å². The fourth-order valence-electron chi connectivity index (χ4n) is 1.54. The van der Waals surface area contributed by atoms with Gasteiger partial charge >= 0.3 is 0 Å². The predicted octanol–water partition coefficient (Wildman–Crippen LogP) is 2.03. The third-order valence-electron chi connectivity index (χ3n) is 2.46. The average molecular weight is 242 g/mol. The normalized spacial score (nSPS) is 13.4. The van der Waals surface area contributed by atoms with Crippen LogP contribution in [0, 0.1) is 0 Å². The molecular weight excluding hydrogens is 220 g/mol. The zero-order chi connectivity index (χ0) is 12.1. The molecule has 1 heterocycles. The third kappa shape index (κ3) is 4.18. The number of thioether (sulfide) groups is 1. The highest BCUT2D eigenvalue weighted by Crippen LogP contribution is 2.14. The summed E-state index contributed by atoms with van der Waals surface area (Å²) < 4.78 is 1.88. The number of aromatic nitrogens is 2. The number of aryl methyl sites for hydroxylation is 2. The van der Waals surface area contributed by atoms with Gasteiger partial charge in [-0.2, -0.15) is 16.9 Å².